The fraction of sp³-hybridized carbons (Fsp3) is 0.625. The third kappa shape index (κ3) is 1.20. The number of aromatic amines is 1. The van der Waals surface area contributed by atoms with E-state index in [1.807, 2.05) is 7.05 Å². The Bertz CT molecular complexity index is 223. The van der Waals surface area contributed by atoms with Gasteiger partial charge in [0.2, 0.25) is 5.69 Å². The Labute approximate surface area is 61.9 Å². The number of aryl methyl sites for hydroxylation is 2. The van der Waals surface area contributed by atoms with Crippen molar-refractivity contribution in [1.82, 2.24) is 5.10 Å². The molecule has 0 aromatic carbocycles. The van der Waals surface area contributed by atoms with E-state index in [1.54, 1.807) is 0 Å². The van der Waals surface area contributed by atoms with E-state index in [0.29, 0.717) is 5.92 Å². The van der Waals surface area contributed by atoms with Crippen LogP contribution in [0, 0.1) is 6.92 Å². The molecule has 1 aromatic rings. The van der Waals surface area contributed by atoms with E-state index in [1.165, 1.54) is 11.4 Å². The summed E-state index contributed by atoms with van der Waals surface area (Å²) in [4.78, 5) is 0. The van der Waals surface area contributed by atoms with Crippen LogP contribution in [-0.4, -0.2) is 5.10 Å². The molecule has 0 fully saturated rings. The number of hydrogen-bond donors (Lipinski definition) is 1. The molecule has 2 heteroatoms. The maximum atomic E-state index is 3.21. The molecule has 1 aromatic heterocycles. The lowest BCUT2D eigenvalue weighted by Gasteiger charge is -1.93. The van der Waals surface area contributed by atoms with E-state index in [2.05, 4.69) is 36.6 Å². The van der Waals surface area contributed by atoms with Gasteiger partial charge in [-0.15, -0.1) is 4.68 Å². The van der Waals surface area contributed by atoms with Crippen LogP contribution in [-0.2, 0) is 7.05 Å². The van der Waals surface area contributed by atoms with E-state index < -0.39 is 0 Å². The van der Waals surface area contributed by atoms with Crippen LogP contribution in [0.15, 0.2) is 6.07 Å². The SMILES string of the molecule is Cc1cc(C(C)C)[n+](C)[nH]1. The maximum Gasteiger partial charge on any atom is 0.210 e. The first kappa shape index (κ1) is 7.32. The third-order valence-corrected chi connectivity index (χ3v) is 1.69. The summed E-state index contributed by atoms with van der Waals surface area (Å²) in [6, 6.07) is 2.19. The van der Waals surface area contributed by atoms with Crippen LogP contribution >= 0.6 is 0 Å². The Morgan fingerprint density at radius 2 is 2.10 bits per heavy atom. The summed E-state index contributed by atoms with van der Waals surface area (Å²) in [6.07, 6.45) is 0. The highest BCUT2D eigenvalue weighted by molar-refractivity contribution is 5.04. The topological polar surface area (TPSA) is 19.7 Å². The van der Waals surface area contributed by atoms with E-state index in [9.17, 15) is 0 Å². The number of rotatable bonds is 1. The Kier molecular flexibility index (Phi) is 1.79. The normalized spacial score (nSPS) is 10.9. The number of hydrogen-bond acceptors (Lipinski definition) is 0. The summed E-state index contributed by atoms with van der Waals surface area (Å²) in [5.74, 6) is 0.606. The molecule has 0 aliphatic rings. The van der Waals surface area contributed by atoms with Gasteiger partial charge in [0.1, 0.15) is 0 Å². The van der Waals surface area contributed by atoms with Crippen LogP contribution in [0.3, 0.4) is 0 Å². The van der Waals surface area contributed by atoms with Crippen molar-refractivity contribution in [3.05, 3.63) is 17.5 Å². The van der Waals surface area contributed by atoms with Crippen LogP contribution < -0.4 is 4.68 Å². The van der Waals surface area contributed by atoms with Crippen molar-refractivity contribution in [2.24, 2.45) is 7.05 Å². The van der Waals surface area contributed by atoms with Crippen LogP contribution in [0.1, 0.15) is 31.2 Å². The molecule has 0 bridgehead atoms. The van der Waals surface area contributed by atoms with Crippen LogP contribution in [0.2, 0.25) is 0 Å². The number of nitrogens with zero attached hydrogens (tertiary/aromatic N) is 1. The molecular weight excluding hydrogens is 124 g/mol. The minimum Gasteiger partial charge on any atom is -0.170 e. The highest BCUT2D eigenvalue weighted by Gasteiger charge is 2.12. The van der Waals surface area contributed by atoms with Crippen LogP contribution in [0.5, 0.6) is 0 Å². The molecule has 56 valence electrons. The second-order valence-corrected chi connectivity index (χ2v) is 3.08. The van der Waals surface area contributed by atoms with Gasteiger partial charge in [-0.2, -0.15) is 5.10 Å². The van der Waals surface area contributed by atoms with Crippen molar-refractivity contribution in [1.29, 1.82) is 0 Å². The molecule has 2 nitrogen and oxygen atoms in total. The van der Waals surface area contributed by atoms with E-state index in [4.69, 9.17) is 0 Å². The fourth-order valence-corrected chi connectivity index (χ4v) is 1.23. The molecule has 0 unspecified atom stereocenters. The molecule has 0 spiro atoms. The molecule has 10 heavy (non-hydrogen) atoms. The van der Waals surface area contributed by atoms with Crippen molar-refractivity contribution < 1.29 is 4.68 Å². The van der Waals surface area contributed by atoms with Gasteiger partial charge < -0.3 is 0 Å². The summed E-state index contributed by atoms with van der Waals surface area (Å²) in [5.41, 5.74) is 2.59. The minimum absolute atomic E-state index is 0.606. The summed E-state index contributed by atoms with van der Waals surface area (Å²) < 4.78 is 2.07. The lowest BCUT2D eigenvalue weighted by molar-refractivity contribution is -0.734. The number of H-pyrrole nitrogens is 1. The number of nitrogens with one attached hydrogen (secondary N) is 1. The molecule has 0 amide bonds. The lowest BCUT2D eigenvalue weighted by atomic mass is 10.1. The zero-order valence-corrected chi connectivity index (χ0v) is 7.10. The van der Waals surface area contributed by atoms with Gasteiger partial charge in [-0.25, -0.2) is 0 Å². The number of aromatic nitrogens is 2. The van der Waals surface area contributed by atoms with Crippen molar-refractivity contribution in [3.63, 3.8) is 0 Å². The van der Waals surface area contributed by atoms with Crippen LogP contribution in [0.25, 0.3) is 0 Å². The third-order valence-electron chi connectivity index (χ3n) is 1.69. The zero-order chi connectivity index (χ0) is 7.72. The van der Waals surface area contributed by atoms with Crippen molar-refractivity contribution in [2.45, 2.75) is 26.7 Å². The summed E-state index contributed by atoms with van der Waals surface area (Å²) in [6.45, 7) is 6.47. The highest BCUT2D eigenvalue weighted by atomic mass is 15.3. The highest BCUT2D eigenvalue weighted by Crippen LogP contribution is 2.08. The monoisotopic (exact) mass is 139 g/mol. The molecular formula is C8H15N2+. The first-order valence-electron chi connectivity index (χ1n) is 3.67. The van der Waals surface area contributed by atoms with Gasteiger partial charge in [-0.05, 0) is 6.92 Å². The van der Waals surface area contributed by atoms with Gasteiger partial charge in [-0.3, -0.25) is 0 Å². The van der Waals surface area contributed by atoms with E-state index in [0.717, 1.165) is 0 Å². The predicted octanol–water partition coefficient (Wildman–Crippen LogP) is 1.27. The van der Waals surface area contributed by atoms with Gasteiger partial charge in [0.25, 0.3) is 0 Å². The van der Waals surface area contributed by atoms with Crippen molar-refractivity contribution in [2.75, 3.05) is 0 Å². The largest absolute Gasteiger partial charge is 0.210 e. The minimum atomic E-state index is 0.606. The second kappa shape index (κ2) is 2.45. The van der Waals surface area contributed by atoms with Gasteiger partial charge >= 0.3 is 0 Å². The Morgan fingerprint density at radius 1 is 1.50 bits per heavy atom. The first-order valence-corrected chi connectivity index (χ1v) is 3.67. The average molecular weight is 139 g/mol. The summed E-state index contributed by atoms with van der Waals surface area (Å²) in [5, 5.41) is 3.21. The van der Waals surface area contributed by atoms with Crippen molar-refractivity contribution in [3.8, 4) is 0 Å². The molecule has 0 saturated carbocycles. The van der Waals surface area contributed by atoms with Gasteiger partial charge in [0.05, 0.1) is 5.69 Å². The van der Waals surface area contributed by atoms with Crippen molar-refractivity contribution >= 4 is 0 Å². The maximum absolute atomic E-state index is 3.21. The molecule has 0 atom stereocenters. The second-order valence-electron chi connectivity index (χ2n) is 3.08. The van der Waals surface area contributed by atoms with Crippen LogP contribution in [0.4, 0.5) is 0 Å². The quantitative estimate of drug-likeness (QED) is 0.565. The van der Waals surface area contributed by atoms with E-state index >= 15 is 0 Å². The Morgan fingerprint density at radius 3 is 2.30 bits per heavy atom. The Hall–Kier alpha value is -0.790. The molecule has 1 rings (SSSR count). The first-order chi connectivity index (χ1) is 4.61. The smallest absolute Gasteiger partial charge is 0.170 e. The molecule has 0 saturated heterocycles. The van der Waals surface area contributed by atoms with Gasteiger partial charge in [0, 0.05) is 12.0 Å². The standard InChI is InChI=1S/C8H14N2/c1-6(2)8-5-7(3)9-10(8)4/h5-6H,1-4H3/p+1. The molecule has 0 radical (unpaired) electrons. The predicted molar refractivity (Wildman–Crippen MR) is 40.8 cm³/mol. The zero-order valence-electron chi connectivity index (χ0n) is 7.10. The average Bonchev–Trinajstić information content (AvgIpc) is 2.10. The molecule has 1 N–H and O–H groups in total. The summed E-state index contributed by atoms with van der Waals surface area (Å²) in [7, 11) is 2.04. The molecule has 0 aliphatic heterocycles. The van der Waals surface area contributed by atoms with Gasteiger partial charge in [0.15, 0.2) is 7.05 Å². The molecule has 1 heterocycles. The summed E-state index contributed by atoms with van der Waals surface area (Å²) >= 11 is 0. The molecule has 0 aliphatic carbocycles. The lowest BCUT2D eigenvalue weighted by Crippen LogP contribution is -2.34. The van der Waals surface area contributed by atoms with Gasteiger partial charge in [-0.1, -0.05) is 13.8 Å². The fourth-order valence-electron chi connectivity index (χ4n) is 1.23. The Balaban J connectivity index is 3.03. The van der Waals surface area contributed by atoms with E-state index in [-0.39, 0.29) is 0 Å².